The summed E-state index contributed by atoms with van der Waals surface area (Å²) in [6, 6.07) is 0. The first-order valence-electron chi connectivity index (χ1n) is 1.69. The van der Waals surface area contributed by atoms with Gasteiger partial charge in [0.25, 0.3) is 0 Å². The van der Waals surface area contributed by atoms with Crippen LogP contribution in [-0.2, 0) is 4.79 Å². The van der Waals surface area contributed by atoms with E-state index in [0.29, 0.717) is 0 Å². The van der Waals surface area contributed by atoms with Gasteiger partial charge in [-0.1, -0.05) is 22.0 Å². The average Bonchev–Trinajstić information content (AvgIpc) is 1.61. The number of allylic oxidation sites excluding steroid dienone is 2. The Morgan fingerprint density at radius 3 is 2.43 bits per heavy atom. The summed E-state index contributed by atoms with van der Waals surface area (Å²) in [5, 5.41) is 0.727. The molecule has 0 aliphatic carbocycles. The van der Waals surface area contributed by atoms with Gasteiger partial charge in [0.1, 0.15) is 0 Å². The lowest BCUT2D eigenvalue weighted by Gasteiger charge is -1.70. The standard InChI is InChI=1S/C4H4Br2O/c5-3-1-2-4(6)7/h1-2H,3H2/b2-1+. The molecule has 3 heteroatoms. The molecule has 0 saturated heterocycles. The van der Waals surface area contributed by atoms with Crippen LogP contribution in [0.3, 0.4) is 0 Å². The lowest BCUT2D eigenvalue weighted by atomic mass is 10.6. The van der Waals surface area contributed by atoms with E-state index in [1.165, 1.54) is 6.08 Å². The highest BCUT2D eigenvalue weighted by Gasteiger charge is 1.79. The van der Waals surface area contributed by atoms with Crippen molar-refractivity contribution >= 4 is 36.6 Å². The van der Waals surface area contributed by atoms with Crippen LogP contribution < -0.4 is 0 Å². The summed E-state index contributed by atoms with van der Waals surface area (Å²) in [4.78, 5) is 10.0. The van der Waals surface area contributed by atoms with E-state index in [-0.39, 0.29) is 4.69 Å². The molecule has 40 valence electrons. The van der Waals surface area contributed by atoms with E-state index in [9.17, 15) is 4.79 Å². The van der Waals surface area contributed by atoms with Crippen molar-refractivity contribution in [3.63, 3.8) is 0 Å². The second-order valence-corrected chi connectivity index (χ2v) is 2.29. The molecule has 0 heterocycles. The Bertz CT molecular complexity index is 87.7. The summed E-state index contributed by atoms with van der Waals surface area (Å²) in [6.07, 6.45) is 3.17. The van der Waals surface area contributed by atoms with Gasteiger partial charge in [-0.05, 0) is 22.0 Å². The van der Waals surface area contributed by atoms with E-state index < -0.39 is 0 Å². The van der Waals surface area contributed by atoms with Crippen molar-refractivity contribution in [2.75, 3.05) is 5.33 Å². The molecule has 1 nitrogen and oxygen atoms in total. The molecule has 0 atom stereocenters. The first kappa shape index (κ1) is 7.37. The van der Waals surface area contributed by atoms with Crippen LogP contribution in [0.5, 0.6) is 0 Å². The molecule has 0 radical (unpaired) electrons. The zero-order valence-electron chi connectivity index (χ0n) is 3.53. The highest BCUT2D eigenvalue weighted by molar-refractivity contribution is 9.18. The number of carbonyl (C=O) groups excluding carboxylic acids is 1. The van der Waals surface area contributed by atoms with Crippen molar-refractivity contribution in [2.24, 2.45) is 0 Å². The number of hydrogen-bond donors (Lipinski definition) is 0. The van der Waals surface area contributed by atoms with Gasteiger partial charge in [-0.25, -0.2) is 0 Å². The van der Waals surface area contributed by atoms with Crippen molar-refractivity contribution in [3.05, 3.63) is 12.2 Å². The van der Waals surface area contributed by atoms with Crippen LogP contribution in [0.4, 0.5) is 0 Å². The predicted octanol–water partition coefficient (Wildman–Crippen LogP) is 1.86. The summed E-state index contributed by atoms with van der Waals surface area (Å²) in [5.74, 6) is 0. The van der Waals surface area contributed by atoms with Crippen LogP contribution in [-0.4, -0.2) is 10.0 Å². The molecule has 0 saturated carbocycles. The third kappa shape index (κ3) is 6.37. The van der Waals surface area contributed by atoms with Crippen LogP contribution in [0.15, 0.2) is 12.2 Å². The smallest absolute Gasteiger partial charge is 0.220 e. The van der Waals surface area contributed by atoms with Crippen LogP contribution >= 0.6 is 31.9 Å². The highest BCUT2D eigenvalue weighted by Crippen LogP contribution is 1.87. The molecule has 0 amide bonds. The Morgan fingerprint density at radius 1 is 1.71 bits per heavy atom. The molecule has 0 aliphatic heterocycles. The lowest BCUT2D eigenvalue weighted by Crippen LogP contribution is -1.72. The molecule has 0 unspecified atom stereocenters. The Kier molecular flexibility index (Phi) is 4.77. The maximum Gasteiger partial charge on any atom is 0.220 e. The fourth-order valence-electron chi connectivity index (χ4n) is 0.137. The Hall–Kier alpha value is 0.370. The monoisotopic (exact) mass is 226 g/mol. The Labute approximate surface area is 59.0 Å². The molecular formula is C4H4Br2O. The first-order valence-corrected chi connectivity index (χ1v) is 3.61. The zero-order valence-corrected chi connectivity index (χ0v) is 6.70. The Balaban J connectivity index is 3.26. The van der Waals surface area contributed by atoms with E-state index in [1.807, 2.05) is 0 Å². The van der Waals surface area contributed by atoms with E-state index in [1.54, 1.807) is 6.08 Å². The third-order valence-electron chi connectivity index (χ3n) is 0.338. The number of halogens is 2. The minimum atomic E-state index is -0.0908. The minimum Gasteiger partial charge on any atom is -0.282 e. The normalized spacial score (nSPS) is 10.0. The van der Waals surface area contributed by atoms with E-state index in [0.717, 1.165) is 5.33 Å². The van der Waals surface area contributed by atoms with Crippen molar-refractivity contribution in [2.45, 2.75) is 0 Å². The molecule has 0 bridgehead atoms. The lowest BCUT2D eigenvalue weighted by molar-refractivity contribution is -0.106. The van der Waals surface area contributed by atoms with Crippen molar-refractivity contribution in [1.82, 2.24) is 0 Å². The van der Waals surface area contributed by atoms with Gasteiger partial charge in [0.15, 0.2) is 0 Å². The molecule has 0 aromatic heterocycles. The van der Waals surface area contributed by atoms with Gasteiger partial charge in [-0.15, -0.1) is 0 Å². The number of alkyl halides is 1. The van der Waals surface area contributed by atoms with Gasteiger partial charge in [0, 0.05) is 5.33 Å². The van der Waals surface area contributed by atoms with E-state index in [2.05, 4.69) is 31.9 Å². The second-order valence-electron chi connectivity index (χ2n) is 0.861. The quantitative estimate of drug-likeness (QED) is 0.400. The first-order chi connectivity index (χ1) is 3.27. The predicted molar refractivity (Wildman–Crippen MR) is 36.9 cm³/mol. The number of hydrogen-bond acceptors (Lipinski definition) is 1. The summed E-state index contributed by atoms with van der Waals surface area (Å²) < 4.78 is -0.0908. The van der Waals surface area contributed by atoms with Gasteiger partial charge in [0.2, 0.25) is 4.69 Å². The van der Waals surface area contributed by atoms with Crippen molar-refractivity contribution in [1.29, 1.82) is 0 Å². The third-order valence-corrected chi connectivity index (χ3v) is 0.976. The number of carbonyl (C=O) groups is 1. The summed E-state index contributed by atoms with van der Waals surface area (Å²) in [5.41, 5.74) is 0. The minimum absolute atomic E-state index is 0.0908. The Morgan fingerprint density at radius 2 is 2.29 bits per heavy atom. The number of rotatable bonds is 2. The van der Waals surface area contributed by atoms with Gasteiger partial charge >= 0.3 is 0 Å². The molecule has 0 aromatic carbocycles. The zero-order chi connectivity index (χ0) is 5.70. The van der Waals surface area contributed by atoms with Crippen molar-refractivity contribution < 1.29 is 4.79 Å². The second kappa shape index (κ2) is 4.53. The largest absolute Gasteiger partial charge is 0.282 e. The molecule has 0 fully saturated rings. The van der Waals surface area contributed by atoms with Gasteiger partial charge < -0.3 is 0 Å². The fourth-order valence-corrected chi connectivity index (χ4v) is 0.511. The average molecular weight is 228 g/mol. The molecule has 0 rings (SSSR count). The van der Waals surface area contributed by atoms with Crippen LogP contribution in [0, 0.1) is 0 Å². The van der Waals surface area contributed by atoms with Gasteiger partial charge in [-0.3, -0.25) is 4.79 Å². The van der Waals surface area contributed by atoms with Crippen LogP contribution in [0.2, 0.25) is 0 Å². The SMILES string of the molecule is O=C(Br)/C=C/CBr. The van der Waals surface area contributed by atoms with Crippen molar-refractivity contribution in [3.8, 4) is 0 Å². The van der Waals surface area contributed by atoms with Crippen LogP contribution in [0.1, 0.15) is 0 Å². The molecule has 7 heavy (non-hydrogen) atoms. The molecule has 0 spiro atoms. The van der Waals surface area contributed by atoms with Gasteiger partial charge in [-0.2, -0.15) is 0 Å². The summed E-state index contributed by atoms with van der Waals surface area (Å²) in [7, 11) is 0. The molecule has 0 N–H and O–H groups in total. The fraction of sp³-hybridized carbons (Fsp3) is 0.250. The van der Waals surface area contributed by atoms with Crippen LogP contribution in [0.25, 0.3) is 0 Å². The summed E-state index contributed by atoms with van der Waals surface area (Å²) in [6.45, 7) is 0. The van der Waals surface area contributed by atoms with Gasteiger partial charge in [0.05, 0.1) is 0 Å². The molecule has 0 aromatic rings. The summed E-state index contributed by atoms with van der Waals surface area (Å²) >= 11 is 5.85. The maximum absolute atomic E-state index is 10.0. The topological polar surface area (TPSA) is 17.1 Å². The van der Waals surface area contributed by atoms with E-state index in [4.69, 9.17) is 0 Å². The van der Waals surface area contributed by atoms with E-state index >= 15 is 0 Å². The molecule has 0 aliphatic rings. The maximum atomic E-state index is 10.0. The molecular weight excluding hydrogens is 224 g/mol. The highest BCUT2D eigenvalue weighted by atomic mass is 79.9.